The van der Waals surface area contributed by atoms with E-state index in [1.165, 1.54) is 16.0 Å². The van der Waals surface area contributed by atoms with Gasteiger partial charge in [-0.1, -0.05) is 5.16 Å². The van der Waals surface area contributed by atoms with E-state index in [1.54, 1.807) is 23.7 Å². The fourth-order valence-corrected chi connectivity index (χ4v) is 3.25. The molecule has 5 nitrogen and oxygen atoms in total. The summed E-state index contributed by atoms with van der Waals surface area (Å²) in [7, 11) is 0. The maximum atomic E-state index is 12.6. The van der Waals surface area contributed by atoms with Crippen molar-refractivity contribution in [2.24, 2.45) is 0 Å². The highest BCUT2D eigenvalue weighted by Crippen LogP contribution is 2.19. The molecule has 1 amide bonds. The Morgan fingerprint density at radius 1 is 1.22 bits per heavy atom. The molecule has 3 rings (SSSR count). The summed E-state index contributed by atoms with van der Waals surface area (Å²) in [6.07, 6.45) is 4.13. The molecular formula is C17H18N2O3S. The SMILES string of the molecule is Cc1ccc(CN(Cc2ccco2)C(=O)CCc2ccon2)s1. The fourth-order valence-electron chi connectivity index (χ4n) is 2.34. The zero-order valence-corrected chi connectivity index (χ0v) is 13.7. The molecule has 0 spiro atoms. The van der Waals surface area contributed by atoms with Gasteiger partial charge in [-0.15, -0.1) is 11.3 Å². The lowest BCUT2D eigenvalue weighted by atomic mass is 10.2. The number of thiophene rings is 1. The molecule has 0 N–H and O–H groups in total. The second-order valence-corrected chi connectivity index (χ2v) is 6.70. The molecule has 6 heteroatoms. The maximum Gasteiger partial charge on any atom is 0.223 e. The molecule has 0 aliphatic rings. The van der Waals surface area contributed by atoms with E-state index in [-0.39, 0.29) is 5.91 Å². The van der Waals surface area contributed by atoms with Crippen LogP contribution in [-0.2, 0) is 24.3 Å². The van der Waals surface area contributed by atoms with Crippen molar-refractivity contribution < 1.29 is 13.7 Å². The van der Waals surface area contributed by atoms with Crippen molar-refractivity contribution in [2.45, 2.75) is 32.9 Å². The van der Waals surface area contributed by atoms with Crippen molar-refractivity contribution in [1.29, 1.82) is 0 Å². The molecule has 0 saturated carbocycles. The van der Waals surface area contributed by atoms with E-state index in [0.29, 0.717) is 25.9 Å². The van der Waals surface area contributed by atoms with Gasteiger partial charge in [0.05, 0.1) is 25.0 Å². The van der Waals surface area contributed by atoms with Crippen LogP contribution in [0.2, 0.25) is 0 Å². The number of amides is 1. The van der Waals surface area contributed by atoms with Crippen LogP contribution >= 0.6 is 11.3 Å². The summed E-state index contributed by atoms with van der Waals surface area (Å²) in [6.45, 7) is 3.13. The minimum Gasteiger partial charge on any atom is -0.467 e. The first-order valence-corrected chi connectivity index (χ1v) is 8.27. The predicted octanol–water partition coefficient (Wildman–Crippen LogP) is 3.80. The Kier molecular flexibility index (Phi) is 4.92. The molecule has 0 aliphatic heterocycles. The van der Waals surface area contributed by atoms with Crippen molar-refractivity contribution in [3.63, 3.8) is 0 Å². The Hall–Kier alpha value is -2.34. The highest BCUT2D eigenvalue weighted by atomic mass is 32.1. The third kappa shape index (κ3) is 4.32. The highest BCUT2D eigenvalue weighted by Gasteiger charge is 2.17. The predicted molar refractivity (Wildman–Crippen MR) is 86.8 cm³/mol. The van der Waals surface area contributed by atoms with E-state index in [4.69, 9.17) is 8.94 Å². The van der Waals surface area contributed by atoms with Crippen LogP contribution in [0.25, 0.3) is 0 Å². The normalized spacial score (nSPS) is 10.8. The smallest absolute Gasteiger partial charge is 0.223 e. The number of carbonyl (C=O) groups is 1. The maximum absolute atomic E-state index is 12.6. The lowest BCUT2D eigenvalue weighted by molar-refractivity contribution is -0.132. The van der Waals surface area contributed by atoms with Crippen LogP contribution in [0.15, 0.2) is 51.8 Å². The Bertz CT molecular complexity index is 732. The van der Waals surface area contributed by atoms with Gasteiger partial charge in [0.25, 0.3) is 0 Å². The summed E-state index contributed by atoms with van der Waals surface area (Å²) < 4.78 is 10.2. The second kappa shape index (κ2) is 7.28. The first kappa shape index (κ1) is 15.6. The third-order valence-electron chi connectivity index (χ3n) is 3.51. The molecule has 23 heavy (non-hydrogen) atoms. The molecular weight excluding hydrogens is 312 g/mol. The van der Waals surface area contributed by atoms with Crippen LogP contribution in [0.3, 0.4) is 0 Å². The number of carbonyl (C=O) groups excluding carboxylic acids is 1. The lowest BCUT2D eigenvalue weighted by Gasteiger charge is -2.21. The van der Waals surface area contributed by atoms with Gasteiger partial charge in [0.1, 0.15) is 12.0 Å². The average Bonchev–Trinajstić information content (AvgIpc) is 3.27. The van der Waals surface area contributed by atoms with Crippen molar-refractivity contribution >= 4 is 17.2 Å². The zero-order valence-electron chi connectivity index (χ0n) is 12.9. The van der Waals surface area contributed by atoms with Crippen molar-refractivity contribution in [1.82, 2.24) is 10.1 Å². The molecule has 0 unspecified atom stereocenters. The van der Waals surface area contributed by atoms with Gasteiger partial charge in [0.2, 0.25) is 5.91 Å². The first-order valence-electron chi connectivity index (χ1n) is 7.45. The molecule has 3 aromatic rings. The van der Waals surface area contributed by atoms with Crippen LogP contribution < -0.4 is 0 Å². The quantitative estimate of drug-likeness (QED) is 0.661. The molecule has 0 fully saturated rings. The second-order valence-electron chi connectivity index (χ2n) is 5.33. The molecule has 120 valence electrons. The van der Waals surface area contributed by atoms with Crippen molar-refractivity contribution in [3.8, 4) is 0 Å². The standard InChI is InChI=1S/C17H18N2O3S/c1-13-4-6-16(23-13)12-19(11-15-3-2-9-21-15)17(20)7-5-14-8-10-22-18-14/h2-4,6,8-10H,5,7,11-12H2,1H3. The van der Waals surface area contributed by atoms with Gasteiger partial charge in [-0.2, -0.15) is 0 Å². The van der Waals surface area contributed by atoms with Crippen molar-refractivity contribution in [2.75, 3.05) is 0 Å². The number of rotatable bonds is 7. The van der Waals surface area contributed by atoms with Gasteiger partial charge in [0, 0.05) is 28.7 Å². The number of aryl methyl sites for hydroxylation is 2. The van der Waals surface area contributed by atoms with Gasteiger partial charge in [-0.05, 0) is 31.2 Å². The average molecular weight is 330 g/mol. The first-order chi connectivity index (χ1) is 11.2. The van der Waals surface area contributed by atoms with E-state index in [0.717, 1.165) is 11.5 Å². The van der Waals surface area contributed by atoms with Gasteiger partial charge >= 0.3 is 0 Å². The largest absolute Gasteiger partial charge is 0.467 e. The molecule has 0 aromatic carbocycles. The Balaban J connectivity index is 1.66. The van der Waals surface area contributed by atoms with Crippen LogP contribution in [0, 0.1) is 6.92 Å². The van der Waals surface area contributed by atoms with Crippen LogP contribution in [0.5, 0.6) is 0 Å². The van der Waals surface area contributed by atoms with Gasteiger partial charge in [0.15, 0.2) is 0 Å². The van der Waals surface area contributed by atoms with E-state index >= 15 is 0 Å². The molecule has 3 heterocycles. The number of nitrogens with zero attached hydrogens (tertiary/aromatic N) is 2. The minimum absolute atomic E-state index is 0.0791. The number of furan rings is 1. The molecule has 0 aliphatic carbocycles. The highest BCUT2D eigenvalue weighted by molar-refractivity contribution is 7.11. The summed E-state index contributed by atoms with van der Waals surface area (Å²) in [5, 5.41) is 3.85. The summed E-state index contributed by atoms with van der Waals surface area (Å²) in [5.41, 5.74) is 0.795. The van der Waals surface area contributed by atoms with E-state index in [1.807, 2.05) is 17.0 Å². The molecule has 0 radical (unpaired) electrons. The topological polar surface area (TPSA) is 59.5 Å². The Morgan fingerprint density at radius 2 is 2.13 bits per heavy atom. The fraction of sp³-hybridized carbons (Fsp3) is 0.294. The van der Waals surface area contributed by atoms with E-state index in [2.05, 4.69) is 24.2 Å². The summed E-state index contributed by atoms with van der Waals surface area (Å²) >= 11 is 1.71. The number of hydrogen-bond acceptors (Lipinski definition) is 5. The number of aromatic nitrogens is 1. The summed E-state index contributed by atoms with van der Waals surface area (Å²) in [6, 6.07) is 9.65. The lowest BCUT2D eigenvalue weighted by Crippen LogP contribution is -2.29. The monoisotopic (exact) mass is 330 g/mol. The van der Waals surface area contributed by atoms with Crippen molar-refractivity contribution in [3.05, 3.63) is 64.1 Å². The molecule has 3 aromatic heterocycles. The van der Waals surface area contributed by atoms with Gasteiger partial charge in [-0.25, -0.2) is 0 Å². The van der Waals surface area contributed by atoms with E-state index < -0.39 is 0 Å². The van der Waals surface area contributed by atoms with Gasteiger partial charge in [-0.3, -0.25) is 4.79 Å². The van der Waals surface area contributed by atoms with E-state index in [9.17, 15) is 4.79 Å². The van der Waals surface area contributed by atoms with Crippen LogP contribution in [0.1, 0.15) is 27.6 Å². The Labute approximate surface area is 138 Å². The van der Waals surface area contributed by atoms with Crippen LogP contribution in [-0.4, -0.2) is 16.0 Å². The summed E-state index contributed by atoms with van der Waals surface area (Å²) in [5.74, 6) is 0.864. The molecule has 0 saturated heterocycles. The minimum atomic E-state index is 0.0791. The van der Waals surface area contributed by atoms with Crippen LogP contribution in [0.4, 0.5) is 0 Å². The molecule has 0 atom stereocenters. The summed E-state index contributed by atoms with van der Waals surface area (Å²) in [4.78, 5) is 16.8. The number of hydrogen-bond donors (Lipinski definition) is 0. The zero-order chi connectivity index (χ0) is 16.1. The molecule has 0 bridgehead atoms. The third-order valence-corrected chi connectivity index (χ3v) is 4.49. The van der Waals surface area contributed by atoms with Gasteiger partial charge < -0.3 is 13.8 Å². The Morgan fingerprint density at radius 3 is 2.78 bits per heavy atom.